The standard InChI is InChI=1S/C4H12B4O2/c5-1-2(6)10-4(8)3(7)9-1/h1-4H,5-8H2. The van der Waals surface area contributed by atoms with E-state index in [0.717, 1.165) is 0 Å². The maximum atomic E-state index is 5.59. The second kappa shape index (κ2) is 3.05. The lowest BCUT2D eigenvalue weighted by Crippen LogP contribution is -2.50. The van der Waals surface area contributed by atoms with Crippen LogP contribution in [0.5, 0.6) is 0 Å². The lowest BCUT2D eigenvalue weighted by molar-refractivity contribution is -0.110. The van der Waals surface area contributed by atoms with Crippen LogP contribution >= 0.6 is 0 Å². The molecule has 1 rings (SSSR count). The Labute approximate surface area is 65.7 Å². The quantitative estimate of drug-likeness (QED) is 0.314. The molecule has 1 aliphatic heterocycles. The summed E-state index contributed by atoms with van der Waals surface area (Å²) in [5.74, 6) is 0. The predicted molar refractivity (Wildman–Crippen MR) is 51.5 cm³/mol. The molecule has 0 N–H and O–H groups in total. The fourth-order valence-electron chi connectivity index (χ4n) is 1.12. The van der Waals surface area contributed by atoms with Gasteiger partial charge in [0.15, 0.2) is 0 Å². The van der Waals surface area contributed by atoms with Gasteiger partial charge in [-0.3, -0.25) is 0 Å². The van der Waals surface area contributed by atoms with Crippen LogP contribution in [-0.2, 0) is 9.47 Å². The first kappa shape index (κ1) is 8.28. The van der Waals surface area contributed by atoms with Crippen molar-refractivity contribution in [2.75, 3.05) is 0 Å². The Balaban J connectivity index is 2.46. The molecule has 10 heavy (non-hydrogen) atoms. The average molecular weight is 135 g/mol. The van der Waals surface area contributed by atoms with Crippen LogP contribution in [0.1, 0.15) is 0 Å². The highest BCUT2D eigenvalue weighted by Crippen LogP contribution is 2.12. The molecule has 1 heterocycles. The maximum Gasteiger partial charge on any atom is 0.141 e. The van der Waals surface area contributed by atoms with E-state index in [1.54, 1.807) is 0 Å². The lowest BCUT2D eigenvalue weighted by atomic mass is 9.75. The summed E-state index contributed by atoms with van der Waals surface area (Å²) in [6, 6.07) is 0.967. The number of rotatable bonds is 0. The molecule has 52 valence electrons. The molecular weight excluding hydrogens is 123 g/mol. The van der Waals surface area contributed by atoms with Gasteiger partial charge in [-0.15, -0.1) is 0 Å². The third-order valence-electron chi connectivity index (χ3n) is 2.18. The summed E-state index contributed by atoms with van der Waals surface area (Å²) in [6.07, 6.45) is 0. The predicted octanol–water partition coefficient (Wildman–Crippen LogP) is -4.13. The molecule has 0 bridgehead atoms. The molecule has 1 aliphatic rings. The van der Waals surface area contributed by atoms with Crippen molar-refractivity contribution in [2.24, 2.45) is 0 Å². The zero-order valence-electron chi connectivity index (χ0n) is 7.13. The minimum Gasteiger partial charge on any atom is -0.389 e. The summed E-state index contributed by atoms with van der Waals surface area (Å²) < 4.78 is 11.2. The molecule has 2 nitrogen and oxygen atoms in total. The van der Waals surface area contributed by atoms with E-state index in [1.165, 1.54) is 0 Å². The first-order chi connectivity index (χ1) is 4.61. The van der Waals surface area contributed by atoms with Crippen molar-refractivity contribution in [3.05, 3.63) is 0 Å². The third-order valence-corrected chi connectivity index (χ3v) is 2.18. The van der Waals surface area contributed by atoms with E-state index in [2.05, 4.69) is 0 Å². The van der Waals surface area contributed by atoms with Gasteiger partial charge in [0.05, 0.1) is 0 Å². The van der Waals surface area contributed by atoms with E-state index >= 15 is 0 Å². The van der Waals surface area contributed by atoms with E-state index in [0.29, 0.717) is 0 Å². The van der Waals surface area contributed by atoms with Gasteiger partial charge < -0.3 is 9.47 Å². The fraction of sp³-hybridized carbons (Fsp3) is 1.00. The molecular formula is C4H12B4O2. The minimum absolute atomic E-state index is 0.242. The molecule has 4 atom stereocenters. The van der Waals surface area contributed by atoms with Crippen LogP contribution in [-0.4, -0.2) is 55.4 Å². The Bertz CT molecular complexity index is 95.8. The molecule has 0 amide bonds. The summed E-state index contributed by atoms with van der Waals surface area (Å²) >= 11 is 0. The van der Waals surface area contributed by atoms with E-state index < -0.39 is 0 Å². The second-order valence-electron chi connectivity index (χ2n) is 3.09. The molecule has 0 saturated carbocycles. The van der Waals surface area contributed by atoms with Crippen molar-refractivity contribution in [1.82, 2.24) is 0 Å². The van der Waals surface area contributed by atoms with Crippen molar-refractivity contribution in [1.29, 1.82) is 0 Å². The monoisotopic (exact) mass is 136 g/mol. The Morgan fingerprint density at radius 2 is 0.800 bits per heavy atom. The largest absolute Gasteiger partial charge is 0.389 e. The summed E-state index contributed by atoms with van der Waals surface area (Å²) in [6.45, 7) is 0. The summed E-state index contributed by atoms with van der Waals surface area (Å²) in [4.78, 5) is 0. The average Bonchev–Trinajstić information content (AvgIpc) is 1.84. The molecule has 0 aromatic carbocycles. The van der Waals surface area contributed by atoms with E-state index in [4.69, 9.17) is 9.47 Å². The van der Waals surface area contributed by atoms with Crippen molar-refractivity contribution in [2.45, 2.75) is 24.0 Å². The Morgan fingerprint density at radius 3 is 1.00 bits per heavy atom. The third kappa shape index (κ3) is 1.61. The molecule has 1 saturated heterocycles. The van der Waals surface area contributed by atoms with Crippen molar-refractivity contribution < 1.29 is 9.47 Å². The lowest BCUT2D eigenvalue weighted by Gasteiger charge is -2.37. The van der Waals surface area contributed by atoms with Crippen LogP contribution in [0.15, 0.2) is 0 Å². The van der Waals surface area contributed by atoms with E-state index in [1.807, 2.05) is 31.4 Å². The van der Waals surface area contributed by atoms with Crippen molar-refractivity contribution in [3.8, 4) is 0 Å². The fourth-order valence-corrected chi connectivity index (χ4v) is 1.12. The van der Waals surface area contributed by atoms with Gasteiger partial charge in [-0.1, -0.05) is 0 Å². The number of ether oxygens (including phenoxy) is 2. The van der Waals surface area contributed by atoms with Gasteiger partial charge >= 0.3 is 0 Å². The van der Waals surface area contributed by atoms with Gasteiger partial charge in [-0.25, -0.2) is 0 Å². The van der Waals surface area contributed by atoms with Gasteiger partial charge in [0.25, 0.3) is 0 Å². The molecule has 4 unspecified atom stereocenters. The van der Waals surface area contributed by atoms with Crippen LogP contribution in [0.25, 0.3) is 0 Å². The highest BCUT2D eigenvalue weighted by molar-refractivity contribution is 6.23. The zero-order valence-corrected chi connectivity index (χ0v) is 7.13. The Kier molecular flexibility index (Phi) is 2.53. The summed E-state index contributed by atoms with van der Waals surface area (Å²) in [7, 11) is 8.19. The first-order valence-electron chi connectivity index (χ1n) is 3.92. The van der Waals surface area contributed by atoms with Gasteiger partial charge in [-0.2, -0.15) is 0 Å². The molecule has 0 aromatic rings. The van der Waals surface area contributed by atoms with Crippen molar-refractivity contribution >= 4 is 31.4 Å². The SMILES string of the molecule is BC1OC(B)C(B)OC1B. The van der Waals surface area contributed by atoms with Gasteiger partial charge in [0.1, 0.15) is 31.4 Å². The maximum absolute atomic E-state index is 5.59. The minimum atomic E-state index is 0.242. The van der Waals surface area contributed by atoms with Crippen LogP contribution in [0.4, 0.5) is 0 Å². The highest BCUT2D eigenvalue weighted by atomic mass is 16.6. The van der Waals surface area contributed by atoms with Crippen molar-refractivity contribution in [3.63, 3.8) is 0 Å². The molecule has 0 radical (unpaired) electrons. The van der Waals surface area contributed by atoms with E-state index in [9.17, 15) is 0 Å². The second-order valence-corrected chi connectivity index (χ2v) is 3.09. The molecule has 0 spiro atoms. The smallest absolute Gasteiger partial charge is 0.141 e. The Hall–Kier alpha value is 0.180. The Morgan fingerprint density at radius 1 is 0.600 bits per heavy atom. The highest BCUT2D eigenvalue weighted by Gasteiger charge is 2.27. The summed E-state index contributed by atoms with van der Waals surface area (Å²) in [5.41, 5.74) is 0. The van der Waals surface area contributed by atoms with Gasteiger partial charge in [-0.05, 0) is 0 Å². The topological polar surface area (TPSA) is 18.5 Å². The van der Waals surface area contributed by atoms with Crippen LogP contribution in [0.2, 0.25) is 0 Å². The van der Waals surface area contributed by atoms with E-state index in [-0.39, 0.29) is 24.0 Å². The number of hydrogen-bond donors (Lipinski definition) is 0. The van der Waals surface area contributed by atoms with Crippen LogP contribution in [0, 0.1) is 0 Å². The molecule has 1 fully saturated rings. The summed E-state index contributed by atoms with van der Waals surface area (Å²) in [5, 5.41) is 0. The van der Waals surface area contributed by atoms with Gasteiger partial charge in [0, 0.05) is 24.0 Å². The van der Waals surface area contributed by atoms with Crippen LogP contribution in [0.3, 0.4) is 0 Å². The number of hydrogen-bond acceptors (Lipinski definition) is 2. The molecule has 0 aromatic heterocycles. The first-order valence-corrected chi connectivity index (χ1v) is 3.92. The zero-order chi connectivity index (χ0) is 7.72. The van der Waals surface area contributed by atoms with Gasteiger partial charge in [0.2, 0.25) is 0 Å². The normalized spacial score (nSPS) is 48.8. The molecule has 0 aliphatic carbocycles. The van der Waals surface area contributed by atoms with Crippen LogP contribution < -0.4 is 0 Å². The molecule has 6 heteroatoms.